The van der Waals surface area contributed by atoms with E-state index >= 15 is 0 Å². The zero-order valence-electron chi connectivity index (χ0n) is 27.8. The maximum atomic E-state index is 12.9. The van der Waals surface area contributed by atoms with Crippen LogP contribution < -0.4 is 21.8 Å². The van der Waals surface area contributed by atoms with Gasteiger partial charge in [0.2, 0.25) is 5.69 Å². The van der Waals surface area contributed by atoms with Crippen molar-refractivity contribution in [2.75, 3.05) is 12.3 Å². The van der Waals surface area contributed by atoms with E-state index in [4.69, 9.17) is 35.8 Å². The van der Waals surface area contributed by atoms with E-state index in [1.807, 2.05) is 12.1 Å². The first-order valence-electron chi connectivity index (χ1n) is 16.3. The number of nitrogen functional groups attached to an aromatic ring is 1. The average Bonchev–Trinajstić information content (AvgIpc) is 3.53. The van der Waals surface area contributed by atoms with E-state index in [0.717, 1.165) is 19.3 Å². The van der Waals surface area contributed by atoms with Crippen molar-refractivity contribution in [1.82, 2.24) is 9.55 Å². The van der Waals surface area contributed by atoms with E-state index in [-0.39, 0.29) is 28.3 Å². The Hall–Kier alpha value is -2.08. The number of aromatic nitrogens is 2. The highest BCUT2D eigenvalue weighted by atomic mass is 32.9. The van der Waals surface area contributed by atoms with Gasteiger partial charge in [-0.1, -0.05) is 105 Å². The van der Waals surface area contributed by atoms with Crippen molar-refractivity contribution < 1.29 is 18.2 Å². The Kier molecular flexibility index (Phi) is 9.86. The van der Waals surface area contributed by atoms with Gasteiger partial charge in [0.25, 0.3) is 8.32 Å². The summed E-state index contributed by atoms with van der Waals surface area (Å²) in [4.78, 5) is 16.9. The van der Waals surface area contributed by atoms with Crippen molar-refractivity contribution in [2.45, 2.75) is 94.6 Å². The minimum atomic E-state index is -2.88. The molecule has 1 aliphatic carbocycles. The SMILES string of the molecule is C=C(C)[C@@H]1CC[C@]2(C)S[P@](=S)(O[C@H]3C[C@H](n4ccc(N)nc4=O)O[C@@H]3CO[Si](c3ccccc3)(c3ccccc3)C(C)(C)C)O[C@H]2C1. The fourth-order valence-corrected chi connectivity index (χ4v) is 19.5. The van der Waals surface area contributed by atoms with Crippen LogP contribution in [0.2, 0.25) is 5.04 Å². The lowest BCUT2D eigenvalue weighted by molar-refractivity contribution is -0.0393. The molecule has 7 atom stereocenters. The van der Waals surface area contributed by atoms with Gasteiger partial charge in [0, 0.05) is 17.4 Å². The van der Waals surface area contributed by atoms with E-state index in [1.165, 1.54) is 20.5 Å². The normalized spacial score (nSPS) is 31.0. The Morgan fingerprint density at radius 1 is 1.15 bits per heavy atom. The monoisotopic (exact) mass is 711 g/mol. The third kappa shape index (κ3) is 6.88. The molecule has 47 heavy (non-hydrogen) atoms. The van der Waals surface area contributed by atoms with Gasteiger partial charge in [-0.15, -0.1) is 0 Å². The molecule has 6 rings (SSSR count). The van der Waals surface area contributed by atoms with E-state index in [9.17, 15) is 4.79 Å². The van der Waals surface area contributed by atoms with Crippen LogP contribution in [0.25, 0.3) is 0 Å². The summed E-state index contributed by atoms with van der Waals surface area (Å²) >= 11 is 7.93. The number of hydrogen-bond acceptors (Lipinski definition) is 9. The molecule has 3 aromatic rings. The number of nitrogens with two attached hydrogens (primary N) is 1. The second-order valence-electron chi connectivity index (χ2n) is 14.3. The third-order valence-corrected chi connectivity index (χ3v) is 20.7. The number of benzene rings is 2. The van der Waals surface area contributed by atoms with E-state index in [2.05, 4.69) is 94.7 Å². The molecular weight excluding hydrogens is 666 g/mol. The van der Waals surface area contributed by atoms with Gasteiger partial charge in [-0.2, -0.15) is 4.98 Å². The summed E-state index contributed by atoms with van der Waals surface area (Å²) in [7, 11) is -2.88. The summed E-state index contributed by atoms with van der Waals surface area (Å²) in [5.74, 6) is 0.589. The van der Waals surface area contributed by atoms with Crippen LogP contribution in [0.5, 0.6) is 0 Å². The van der Waals surface area contributed by atoms with Crippen molar-refractivity contribution in [3.8, 4) is 0 Å². The Morgan fingerprint density at radius 2 is 1.79 bits per heavy atom. The number of rotatable bonds is 9. The first-order chi connectivity index (χ1) is 22.2. The van der Waals surface area contributed by atoms with Gasteiger partial charge >= 0.3 is 5.69 Å². The highest BCUT2D eigenvalue weighted by Gasteiger charge is 2.56. The van der Waals surface area contributed by atoms with Crippen LogP contribution in [-0.2, 0) is 30.0 Å². The average molecular weight is 712 g/mol. The predicted octanol–water partition coefficient (Wildman–Crippen LogP) is 6.57. The van der Waals surface area contributed by atoms with Gasteiger partial charge in [-0.05, 0) is 72.3 Å². The minimum absolute atomic E-state index is 0.00243. The summed E-state index contributed by atoms with van der Waals surface area (Å²) < 4.78 is 28.9. The molecule has 252 valence electrons. The third-order valence-electron chi connectivity index (χ3n) is 9.93. The molecular formula is C35H46N3O5PS2Si. The van der Waals surface area contributed by atoms with Crippen LogP contribution in [0, 0.1) is 5.92 Å². The number of hydrogen-bond donors (Lipinski definition) is 1. The molecule has 2 aliphatic heterocycles. The number of ether oxygens (including phenoxy) is 1. The fourth-order valence-electron chi connectivity index (χ4n) is 7.34. The second kappa shape index (κ2) is 13.3. The molecule has 3 aliphatic rings. The number of allylic oxidation sites excluding steroid dienone is 1. The fraction of sp³-hybridized carbons (Fsp3) is 0.486. The molecule has 12 heteroatoms. The molecule has 2 saturated heterocycles. The number of nitrogens with zero attached hydrogens (tertiary/aromatic N) is 2. The van der Waals surface area contributed by atoms with Gasteiger partial charge in [0.1, 0.15) is 18.1 Å². The highest BCUT2D eigenvalue weighted by molar-refractivity contribution is 8.68. The highest BCUT2D eigenvalue weighted by Crippen LogP contribution is 2.76. The summed E-state index contributed by atoms with van der Waals surface area (Å²) in [6, 6.07) is 22.6. The lowest BCUT2D eigenvalue weighted by atomic mass is 9.77. The summed E-state index contributed by atoms with van der Waals surface area (Å²) in [5.41, 5.74) is 3.77. The molecule has 0 spiro atoms. The molecule has 3 fully saturated rings. The lowest BCUT2D eigenvalue weighted by Crippen LogP contribution is -2.67. The molecule has 8 nitrogen and oxygen atoms in total. The molecule has 2 N–H and O–H groups in total. The summed E-state index contributed by atoms with van der Waals surface area (Å²) in [6.07, 6.45) is 3.43. The number of anilines is 1. The van der Waals surface area contributed by atoms with Crippen molar-refractivity contribution in [3.05, 3.63) is 95.6 Å². The van der Waals surface area contributed by atoms with Crippen LogP contribution in [0.3, 0.4) is 0 Å². The Labute approximate surface area is 288 Å². The summed E-state index contributed by atoms with van der Waals surface area (Å²) in [5, 5.41) is 2.13. The quantitative estimate of drug-likeness (QED) is 0.150. The Balaban J connectivity index is 1.33. The zero-order valence-corrected chi connectivity index (χ0v) is 31.4. The van der Waals surface area contributed by atoms with Crippen molar-refractivity contribution in [3.63, 3.8) is 0 Å². The smallest absolute Gasteiger partial charge is 0.351 e. The van der Waals surface area contributed by atoms with Crippen molar-refractivity contribution in [1.29, 1.82) is 0 Å². The van der Waals surface area contributed by atoms with Crippen LogP contribution in [0.15, 0.2) is 89.9 Å². The molecule has 0 amide bonds. The van der Waals surface area contributed by atoms with Gasteiger partial charge in [0.05, 0.1) is 18.8 Å². The molecule has 0 radical (unpaired) electrons. The van der Waals surface area contributed by atoms with Gasteiger partial charge in [0.15, 0.2) is 0 Å². The first kappa shape index (κ1) is 34.8. The van der Waals surface area contributed by atoms with E-state index in [1.54, 1.807) is 23.6 Å². The minimum Gasteiger partial charge on any atom is -0.405 e. The first-order valence-corrected chi connectivity index (χ1v) is 22.3. The summed E-state index contributed by atoms with van der Waals surface area (Å²) in [6.45, 7) is 15.6. The second-order valence-corrected chi connectivity index (χ2v) is 25.2. The topological polar surface area (TPSA) is 97.8 Å². The molecule has 0 unspecified atom stereocenters. The standard InChI is InChI=1S/C35H46N3O5PS2Si/c1-24(2)25-17-19-35(6)30(21-25)43-44(45,46-35)42-28-22-32(38-20-18-31(36)37-33(38)39)41-29(28)23-40-47(34(3,4)5,26-13-9-7-10-14-26)27-15-11-8-12-16-27/h7-16,18,20,25,28-30,32H,1,17,19,21-23H2,2-6H3,(H2,36,37,39)/t25-,28+,29-,30+,32-,35+,44-/m1/s1. The van der Waals surface area contributed by atoms with Crippen LogP contribution in [0.4, 0.5) is 5.82 Å². The van der Waals surface area contributed by atoms with Gasteiger partial charge in [-0.3, -0.25) is 4.57 Å². The lowest BCUT2D eigenvalue weighted by Gasteiger charge is -2.43. The maximum Gasteiger partial charge on any atom is 0.351 e. The van der Waals surface area contributed by atoms with Gasteiger partial charge in [-0.25, -0.2) is 4.79 Å². The van der Waals surface area contributed by atoms with Crippen molar-refractivity contribution in [2.24, 2.45) is 5.92 Å². The molecule has 1 aromatic heterocycles. The van der Waals surface area contributed by atoms with Crippen LogP contribution in [0.1, 0.15) is 66.5 Å². The van der Waals surface area contributed by atoms with E-state index < -0.39 is 38.1 Å². The Morgan fingerprint density at radius 3 is 2.36 bits per heavy atom. The van der Waals surface area contributed by atoms with Gasteiger partial charge < -0.3 is 23.9 Å². The number of fused-ring (bicyclic) bond motifs is 1. The van der Waals surface area contributed by atoms with E-state index in [0.29, 0.717) is 12.3 Å². The molecule has 1 saturated carbocycles. The van der Waals surface area contributed by atoms with Crippen molar-refractivity contribution >= 4 is 53.4 Å². The molecule has 2 aromatic carbocycles. The van der Waals surface area contributed by atoms with Crippen LogP contribution >= 0.6 is 17.1 Å². The zero-order chi connectivity index (χ0) is 33.6. The Bertz CT molecular complexity index is 1660. The molecule has 0 bridgehead atoms. The van der Waals surface area contributed by atoms with Crippen LogP contribution in [-0.4, -0.2) is 47.5 Å². The molecule has 3 heterocycles. The largest absolute Gasteiger partial charge is 0.405 e. The maximum absolute atomic E-state index is 12.9. The predicted molar refractivity (Wildman–Crippen MR) is 197 cm³/mol.